The van der Waals surface area contributed by atoms with Gasteiger partial charge in [0.1, 0.15) is 0 Å². The molecule has 1 aliphatic rings. The molecule has 1 aliphatic carbocycles. The molecule has 0 spiro atoms. The molecule has 52 valence electrons. The third kappa shape index (κ3) is 0.796. The van der Waals surface area contributed by atoms with Gasteiger partial charge in [0, 0.05) is 10.5 Å². The number of fused-ring (bicyclic) bond motifs is 1. The van der Waals surface area contributed by atoms with Gasteiger partial charge in [-0.2, -0.15) is 0 Å². The van der Waals surface area contributed by atoms with Crippen LogP contribution in [0.25, 0.3) is 0 Å². The summed E-state index contributed by atoms with van der Waals surface area (Å²) in [5.41, 5.74) is 8.42. The van der Waals surface area contributed by atoms with Crippen LogP contribution in [0, 0.1) is 0 Å². The molecule has 0 heterocycles. The van der Waals surface area contributed by atoms with Gasteiger partial charge in [-0.25, -0.2) is 0 Å². The van der Waals surface area contributed by atoms with Crippen LogP contribution in [-0.2, 0) is 6.42 Å². The number of nitrogens with two attached hydrogens (primary N) is 1. The van der Waals surface area contributed by atoms with Gasteiger partial charge in [-0.1, -0.05) is 22.0 Å². The Morgan fingerprint density at radius 1 is 1.50 bits per heavy atom. The molecule has 0 fully saturated rings. The van der Waals surface area contributed by atoms with Crippen molar-refractivity contribution in [2.24, 2.45) is 5.73 Å². The van der Waals surface area contributed by atoms with Crippen molar-refractivity contribution < 1.29 is 0 Å². The second-order valence-electron chi connectivity index (χ2n) is 2.65. The summed E-state index contributed by atoms with van der Waals surface area (Å²) in [7, 11) is 0. The molecule has 0 aliphatic heterocycles. The van der Waals surface area contributed by atoms with Crippen molar-refractivity contribution in [3.05, 3.63) is 33.8 Å². The first-order valence-corrected chi connectivity index (χ1v) is 4.10. The molecule has 0 amide bonds. The Bertz CT molecular complexity index is 270. The molecular formula is C8H8BrN. The largest absolute Gasteiger partial charge is 0.324 e. The van der Waals surface area contributed by atoms with E-state index in [1.165, 1.54) is 11.1 Å². The van der Waals surface area contributed by atoms with Crippen LogP contribution in [0.2, 0.25) is 0 Å². The molecule has 1 unspecified atom stereocenters. The Morgan fingerprint density at radius 3 is 2.90 bits per heavy atom. The number of rotatable bonds is 0. The number of benzene rings is 1. The minimum absolute atomic E-state index is 0.295. The molecule has 2 rings (SSSR count). The number of hydrogen-bond acceptors (Lipinski definition) is 1. The molecule has 1 aromatic rings. The lowest BCUT2D eigenvalue weighted by Gasteiger charge is -2.26. The lowest BCUT2D eigenvalue weighted by molar-refractivity contribution is 0.636. The minimum Gasteiger partial charge on any atom is -0.324 e. The van der Waals surface area contributed by atoms with Crippen LogP contribution in [0.3, 0.4) is 0 Å². The molecule has 0 radical (unpaired) electrons. The first kappa shape index (κ1) is 6.38. The molecule has 2 heteroatoms. The maximum Gasteiger partial charge on any atom is 0.0338 e. The van der Waals surface area contributed by atoms with Crippen LogP contribution in [-0.4, -0.2) is 0 Å². The Balaban J connectivity index is 2.49. The zero-order valence-corrected chi connectivity index (χ0v) is 7.06. The monoisotopic (exact) mass is 197 g/mol. The summed E-state index contributed by atoms with van der Waals surface area (Å²) < 4.78 is 1.15. The van der Waals surface area contributed by atoms with Crippen molar-refractivity contribution in [2.75, 3.05) is 0 Å². The van der Waals surface area contributed by atoms with Crippen LogP contribution in [0.1, 0.15) is 17.2 Å². The molecule has 10 heavy (non-hydrogen) atoms. The van der Waals surface area contributed by atoms with Gasteiger partial charge in [0.15, 0.2) is 0 Å². The second-order valence-corrected chi connectivity index (χ2v) is 3.57. The summed E-state index contributed by atoms with van der Waals surface area (Å²) in [5, 5.41) is 0. The summed E-state index contributed by atoms with van der Waals surface area (Å²) >= 11 is 3.41. The van der Waals surface area contributed by atoms with E-state index in [9.17, 15) is 0 Å². The third-order valence-corrected chi connectivity index (χ3v) is 2.44. The average molecular weight is 198 g/mol. The van der Waals surface area contributed by atoms with Crippen LogP contribution < -0.4 is 5.73 Å². The molecule has 0 aromatic heterocycles. The molecule has 0 bridgehead atoms. The van der Waals surface area contributed by atoms with Crippen molar-refractivity contribution >= 4 is 15.9 Å². The summed E-state index contributed by atoms with van der Waals surface area (Å²) in [6, 6.07) is 6.56. The first-order chi connectivity index (χ1) is 4.77. The maximum atomic E-state index is 5.72. The van der Waals surface area contributed by atoms with Crippen LogP contribution in [0.4, 0.5) is 0 Å². The smallest absolute Gasteiger partial charge is 0.0338 e. The van der Waals surface area contributed by atoms with Gasteiger partial charge in [-0.3, -0.25) is 0 Å². The third-order valence-electron chi connectivity index (χ3n) is 1.94. The maximum absolute atomic E-state index is 5.72. The summed E-state index contributed by atoms with van der Waals surface area (Å²) in [6.45, 7) is 0. The Kier molecular flexibility index (Phi) is 1.32. The highest BCUT2D eigenvalue weighted by atomic mass is 79.9. The normalized spacial score (nSPS) is 21.6. The lowest BCUT2D eigenvalue weighted by atomic mass is 9.84. The van der Waals surface area contributed by atoms with E-state index < -0.39 is 0 Å². The van der Waals surface area contributed by atoms with Crippen LogP contribution in [0.15, 0.2) is 22.7 Å². The van der Waals surface area contributed by atoms with E-state index in [0.717, 1.165) is 10.9 Å². The molecular weight excluding hydrogens is 190 g/mol. The van der Waals surface area contributed by atoms with Crippen molar-refractivity contribution in [1.29, 1.82) is 0 Å². The van der Waals surface area contributed by atoms with Crippen molar-refractivity contribution in [3.8, 4) is 0 Å². The quantitative estimate of drug-likeness (QED) is 0.677. The first-order valence-electron chi connectivity index (χ1n) is 3.31. The highest BCUT2D eigenvalue weighted by molar-refractivity contribution is 9.10. The SMILES string of the molecule is NC1Cc2cc(Br)ccc21. The van der Waals surface area contributed by atoms with Gasteiger partial charge in [-0.15, -0.1) is 0 Å². The fraction of sp³-hybridized carbons (Fsp3) is 0.250. The minimum atomic E-state index is 0.295. The van der Waals surface area contributed by atoms with Crippen LogP contribution >= 0.6 is 15.9 Å². The summed E-state index contributed by atoms with van der Waals surface area (Å²) in [4.78, 5) is 0. The van der Waals surface area contributed by atoms with E-state index in [1.54, 1.807) is 0 Å². The Labute approximate surface area is 68.4 Å². The van der Waals surface area contributed by atoms with Gasteiger partial charge in [-0.05, 0) is 29.7 Å². The van der Waals surface area contributed by atoms with E-state index in [1.807, 2.05) is 6.07 Å². The average Bonchev–Trinajstić information content (AvgIpc) is 1.86. The molecule has 1 aromatic carbocycles. The molecule has 1 nitrogen and oxygen atoms in total. The van der Waals surface area contributed by atoms with Crippen LogP contribution in [0.5, 0.6) is 0 Å². The summed E-state index contributed by atoms with van der Waals surface area (Å²) in [5.74, 6) is 0. The van der Waals surface area contributed by atoms with E-state index in [0.29, 0.717) is 6.04 Å². The van der Waals surface area contributed by atoms with E-state index in [-0.39, 0.29) is 0 Å². The molecule has 1 atom stereocenters. The van der Waals surface area contributed by atoms with Gasteiger partial charge in [0.05, 0.1) is 0 Å². The van der Waals surface area contributed by atoms with Gasteiger partial charge in [0.25, 0.3) is 0 Å². The predicted octanol–water partition coefficient (Wildman–Crippen LogP) is 2.00. The fourth-order valence-electron chi connectivity index (χ4n) is 1.33. The number of halogens is 1. The lowest BCUT2D eigenvalue weighted by Crippen LogP contribution is -2.24. The standard InChI is InChI=1S/C8H8BrN/c9-6-1-2-7-5(3-6)4-8(7)10/h1-3,8H,4,10H2. The van der Waals surface area contributed by atoms with E-state index in [4.69, 9.17) is 5.73 Å². The van der Waals surface area contributed by atoms with E-state index in [2.05, 4.69) is 28.1 Å². The molecule has 0 saturated carbocycles. The predicted molar refractivity (Wildman–Crippen MR) is 44.8 cm³/mol. The van der Waals surface area contributed by atoms with Crippen molar-refractivity contribution in [1.82, 2.24) is 0 Å². The molecule has 0 saturated heterocycles. The van der Waals surface area contributed by atoms with E-state index >= 15 is 0 Å². The van der Waals surface area contributed by atoms with Gasteiger partial charge in [0.2, 0.25) is 0 Å². The van der Waals surface area contributed by atoms with Gasteiger partial charge >= 0.3 is 0 Å². The molecule has 2 N–H and O–H groups in total. The van der Waals surface area contributed by atoms with Crippen molar-refractivity contribution in [3.63, 3.8) is 0 Å². The Morgan fingerprint density at radius 2 is 2.30 bits per heavy atom. The van der Waals surface area contributed by atoms with Gasteiger partial charge < -0.3 is 5.73 Å². The number of hydrogen-bond donors (Lipinski definition) is 1. The fourth-order valence-corrected chi connectivity index (χ4v) is 1.74. The summed E-state index contributed by atoms with van der Waals surface area (Å²) in [6.07, 6.45) is 1.04. The second kappa shape index (κ2) is 2.07. The zero-order chi connectivity index (χ0) is 7.14. The Hall–Kier alpha value is -0.340. The topological polar surface area (TPSA) is 26.0 Å². The zero-order valence-electron chi connectivity index (χ0n) is 5.47. The van der Waals surface area contributed by atoms with Crippen molar-refractivity contribution in [2.45, 2.75) is 12.5 Å². The highest BCUT2D eigenvalue weighted by Gasteiger charge is 2.21. The highest BCUT2D eigenvalue weighted by Crippen LogP contribution is 2.32.